The minimum Gasteiger partial charge on any atom is -0.250 e. The van der Waals surface area contributed by atoms with Gasteiger partial charge < -0.3 is 0 Å². The van der Waals surface area contributed by atoms with Crippen molar-refractivity contribution in [3.05, 3.63) is 20.8 Å². The van der Waals surface area contributed by atoms with Crippen LogP contribution in [0.5, 0.6) is 0 Å². The molecule has 0 amide bonds. The molecule has 0 aromatic heterocycles. The van der Waals surface area contributed by atoms with Crippen molar-refractivity contribution in [3.8, 4) is 0 Å². The lowest BCUT2D eigenvalue weighted by Crippen LogP contribution is -1.69. The Balaban J connectivity index is 3.86. The SMILES string of the molecule is C=C(I)N=C/C(Br)=C\C. The van der Waals surface area contributed by atoms with Gasteiger partial charge in [0.25, 0.3) is 0 Å². The van der Waals surface area contributed by atoms with Gasteiger partial charge in [-0.1, -0.05) is 12.7 Å². The maximum absolute atomic E-state index is 3.95. The number of rotatable bonds is 2. The van der Waals surface area contributed by atoms with E-state index in [1.54, 1.807) is 6.21 Å². The van der Waals surface area contributed by atoms with Crippen molar-refractivity contribution in [2.24, 2.45) is 4.99 Å². The molecule has 0 bridgehead atoms. The quantitative estimate of drug-likeness (QED) is 0.422. The van der Waals surface area contributed by atoms with Crippen molar-refractivity contribution < 1.29 is 0 Å². The molecule has 50 valence electrons. The van der Waals surface area contributed by atoms with E-state index < -0.39 is 0 Å². The molecular weight excluding hydrogens is 293 g/mol. The van der Waals surface area contributed by atoms with Gasteiger partial charge in [0, 0.05) is 10.7 Å². The molecule has 0 aromatic carbocycles. The van der Waals surface area contributed by atoms with E-state index in [2.05, 4.69) is 50.1 Å². The van der Waals surface area contributed by atoms with Crippen LogP contribution in [0.1, 0.15) is 6.92 Å². The first-order chi connectivity index (χ1) is 4.16. The number of halogens is 2. The summed E-state index contributed by atoms with van der Waals surface area (Å²) < 4.78 is 1.76. The van der Waals surface area contributed by atoms with Gasteiger partial charge in [0.15, 0.2) is 0 Å². The second-order valence-corrected chi connectivity index (χ2v) is 3.47. The smallest absolute Gasteiger partial charge is 0.0938 e. The molecule has 1 nitrogen and oxygen atoms in total. The Morgan fingerprint density at radius 3 is 2.67 bits per heavy atom. The Kier molecular flexibility index (Phi) is 5.38. The van der Waals surface area contributed by atoms with Gasteiger partial charge in [-0.05, 0) is 45.4 Å². The summed E-state index contributed by atoms with van der Waals surface area (Å²) in [5.74, 6) is 0. The van der Waals surface area contributed by atoms with Crippen LogP contribution in [0.3, 0.4) is 0 Å². The van der Waals surface area contributed by atoms with Crippen molar-refractivity contribution in [3.63, 3.8) is 0 Å². The third-order valence-corrected chi connectivity index (χ3v) is 1.54. The monoisotopic (exact) mass is 299 g/mol. The van der Waals surface area contributed by atoms with Gasteiger partial charge in [0.05, 0.1) is 3.70 Å². The molecule has 0 atom stereocenters. The molecule has 0 heterocycles. The summed E-state index contributed by atoms with van der Waals surface area (Å²) in [6, 6.07) is 0. The maximum Gasteiger partial charge on any atom is 0.0938 e. The topological polar surface area (TPSA) is 12.4 Å². The Bertz CT molecular complexity index is 160. The van der Waals surface area contributed by atoms with E-state index in [-0.39, 0.29) is 0 Å². The molecule has 0 aromatic rings. The predicted molar refractivity (Wildman–Crippen MR) is 54.3 cm³/mol. The molecule has 0 rings (SSSR count). The standard InChI is InChI=1S/C6H7BrIN/c1-3-6(7)4-9-5(2)8/h3-4H,2H2,1H3/b6-3+,9-4?. The highest BCUT2D eigenvalue weighted by atomic mass is 127. The van der Waals surface area contributed by atoms with Crippen LogP contribution >= 0.6 is 38.5 Å². The predicted octanol–water partition coefficient (Wildman–Crippen LogP) is 3.26. The Labute approximate surface area is 77.2 Å². The van der Waals surface area contributed by atoms with Crippen molar-refractivity contribution in [2.45, 2.75) is 6.92 Å². The molecule has 0 aliphatic rings. The maximum atomic E-state index is 3.95. The summed E-state index contributed by atoms with van der Waals surface area (Å²) in [6.45, 7) is 5.54. The van der Waals surface area contributed by atoms with Gasteiger partial charge in [-0.25, -0.2) is 4.99 Å². The highest BCUT2D eigenvalue weighted by molar-refractivity contribution is 14.1. The minimum atomic E-state index is 0.784. The number of hydrogen-bond acceptors (Lipinski definition) is 1. The number of nitrogens with zero attached hydrogens (tertiary/aromatic N) is 1. The third kappa shape index (κ3) is 6.24. The first-order valence-electron chi connectivity index (χ1n) is 2.37. The van der Waals surface area contributed by atoms with Crippen LogP contribution in [-0.4, -0.2) is 6.21 Å². The van der Waals surface area contributed by atoms with E-state index in [0.717, 1.165) is 8.19 Å². The van der Waals surface area contributed by atoms with Crippen molar-refractivity contribution >= 4 is 44.7 Å². The van der Waals surface area contributed by atoms with Crippen LogP contribution in [0.15, 0.2) is 25.8 Å². The molecule has 0 spiro atoms. The van der Waals surface area contributed by atoms with E-state index in [9.17, 15) is 0 Å². The highest BCUT2D eigenvalue weighted by Crippen LogP contribution is 2.05. The fraction of sp³-hybridized carbons (Fsp3) is 0.167. The van der Waals surface area contributed by atoms with Gasteiger partial charge in [0.1, 0.15) is 0 Å². The molecular formula is C6H7BrIN. The molecule has 0 aliphatic carbocycles. The Morgan fingerprint density at radius 1 is 1.78 bits per heavy atom. The third-order valence-electron chi connectivity index (χ3n) is 0.604. The van der Waals surface area contributed by atoms with Gasteiger partial charge in [-0.2, -0.15) is 0 Å². The molecule has 0 saturated heterocycles. The van der Waals surface area contributed by atoms with Gasteiger partial charge in [-0.15, -0.1) is 0 Å². The van der Waals surface area contributed by atoms with Crippen LogP contribution in [0, 0.1) is 0 Å². The molecule has 0 fully saturated rings. The highest BCUT2D eigenvalue weighted by Gasteiger charge is 1.80. The normalized spacial score (nSPS) is 12.6. The van der Waals surface area contributed by atoms with Gasteiger partial charge in [0.2, 0.25) is 0 Å². The fourth-order valence-corrected chi connectivity index (χ4v) is 0.448. The van der Waals surface area contributed by atoms with Crippen LogP contribution in [0.4, 0.5) is 0 Å². The van der Waals surface area contributed by atoms with Crippen LogP contribution in [0.25, 0.3) is 0 Å². The summed E-state index contributed by atoms with van der Waals surface area (Å²) in [4.78, 5) is 3.95. The van der Waals surface area contributed by atoms with Gasteiger partial charge >= 0.3 is 0 Å². The van der Waals surface area contributed by atoms with E-state index in [0.29, 0.717) is 0 Å². The number of aliphatic imine (C=N–C) groups is 1. The Morgan fingerprint density at radius 2 is 2.33 bits per heavy atom. The first-order valence-corrected chi connectivity index (χ1v) is 4.24. The summed E-state index contributed by atoms with van der Waals surface area (Å²) >= 11 is 5.32. The molecule has 0 N–H and O–H groups in total. The summed E-state index contributed by atoms with van der Waals surface area (Å²) in [7, 11) is 0. The minimum absolute atomic E-state index is 0.784. The van der Waals surface area contributed by atoms with Crippen LogP contribution in [0.2, 0.25) is 0 Å². The molecule has 9 heavy (non-hydrogen) atoms. The van der Waals surface area contributed by atoms with E-state index in [4.69, 9.17) is 0 Å². The average molecular weight is 300 g/mol. The van der Waals surface area contributed by atoms with Crippen LogP contribution in [-0.2, 0) is 0 Å². The molecule has 0 unspecified atom stereocenters. The molecule has 0 aliphatic heterocycles. The summed E-state index contributed by atoms with van der Waals surface area (Å²) in [5.41, 5.74) is 0. The summed E-state index contributed by atoms with van der Waals surface area (Å²) in [5, 5.41) is 0. The van der Waals surface area contributed by atoms with Gasteiger partial charge in [-0.3, -0.25) is 0 Å². The molecule has 3 heteroatoms. The Hall–Kier alpha value is 0.360. The summed E-state index contributed by atoms with van der Waals surface area (Å²) in [6.07, 6.45) is 3.64. The lowest BCUT2D eigenvalue weighted by atomic mass is 10.6. The molecule has 0 saturated carbocycles. The second kappa shape index (κ2) is 5.17. The zero-order chi connectivity index (χ0) is 7.28. The largest absolute Gasteiger partial charge is 0.250 e. The van der Waals surface area contributed by atoms with Crippen molar-refractivity contribution in [1.29, 1.82) is 0 Å². The molecule has 0 radical (unpaired) electrons. The van der Waals surface area contributed by atoms with E-state index in [1.165, 1.54) is 0 Å². The zero-order valence-electron chi connectivity index (χ0n) is 5.06. The zero-order valence-corrected chi connectivity index (χ0v) is 8.81. The lowest BCUT2D eigenvalue weighted by Gasteiger charge is -1.83. The number of allylic oxidation sites excluding steroid dienone is 2. The van der Waals surface area contributed by atoms with Crippen LogP contribution < -0.4 is 0 Å². The fourth-order valence-electron chi connectivity index (χ4n) is 0.206. The average Bonchev–Trinajstić information content (AvgIpc) is 1.83. The van der Waals surface area contributed by atoms with E-state index in [1.807, 2.05) is 13.0 Å². The van der Waals surface area contributed by atoms with Crippen molar-refractivity contribution in [2.75, 3.05) is 0 Å². The number of hydrogen-bond donors (Lipinski definition) is 0. The van der Waals surface area contributed by atoms with Crippen molar-refractivity contribution in [1.82, 2.24) is 0 Å². The first kappa shape index (κ1) is 9.36. The lowest BCUT2D eigenvalue weighted by molar-refractivity contribution is 1.60. The second-order valence-electron chi connectivity index (χ2n) is 1.31. The van der Waals surface area contributed by atoms with E-state index >= 15 is 0 Å².